The van der Waals surface area contributed by atoms with Crippen LogP contribution in [0.25, 0.3) is 0 Å². The Bertz CT molecular complexity index is 111. The summed E-state index contributed by atoms with van der Waals surface area (Å²) in [6.07, 6.45) is 2.97. The van der Waals surface area contributed by atoms with Gasteiger partial charge < -0.3 is 5.32 Å². The number of hydrogen-bond donors (Lipinski definition) is 1. The number of rotatable bonds is 0. The number of nitrogens with one attached hydrogen (secondary N) is 1. The lowest BCUT2D eigenvalue weighted by atomic mass is 9.94. The van der Waals surface area contributed by atoms with Crippen molar-refractivity contribution in [2.75, 3.05) is 13.1 Å². The van der Waals surface area contributed by atoms with Crippen molar-refractivity contribution in [1.29, 1.82) is 0 Å². The molecule has 1 heteroatoms. The van der Waals surface area contributed by atoms with Crippen LogP contribution in [0, 0.1) is 17.8 Å². The van der Waals surface area contributed by atoms with Crippen LogP contribution in [-0.2, 0) is 0 Å². The van der Waals surface area contributed by atoms with Gasteiger partial charge in [-0.3, -0.25) is 0 Å². The Morgan fingerprint density at radius 3 is 2.89 bits per heavy atom. The van der Waals surface area contributed by atoms with Crippen LogP contribution in [0.15, 0.2) is 0 Å². The summed E-state index contributed by atoms with van der Waals surface area (Å²) >= 11 is 0. The monoisotopic (exact) mass is 125 g/mol. The molecule has 1 aliphatic heterocycles. The summed E-state index contributed by atoms with van der Waals surface area (Å²) < 4.78 is 0. The van der Waals surface area contributed by atoms with Crippen LogP contribution in [0.2, 0.25) is 0 Å². The molecular formula is C8H15N. The van der Waals surface area contributed by atoms with Gasteiger partial charge in [-0.25, -0.2) is 0 Å². The highest BCUT2D eigenvalue weighted by Gasteiger charge is 2.36. The van der Waals surface area contributed by atoms with Gasteiger partial charge in [0.1, 0.15) is 0 Å². The van der Waals surface area contributed by atoms with Crippen molar-refractivity contribution in [1.82, 2.24) is 5.32 Å². The predicted molar refractivity (Wildman–Crippen MR) is 38.2 cm³/mol. The first kappa shape index (κ1) is 5.72. The van der Waals surface area contributed by atoms with Crippen molar-refractivity contribution in [2.24, 2.45) is 17.8 Å². The number of hydrogen-bond acceptors (Lipinski definition) is 1. The maximum Gasteiger partial charge on any atom is -0.00147 e. The lowest BCUT2D eigenvalue weighted by Crippen LogP contribution is -2.13. The van der Waals surface area contributed by atoms with E-state index in [4.69, 9.17) is 0 Å². The molecule has 1 saturated heterocycles. The van der Waals surface area contributed by atoms with Crippen LogP contribution in [0.3, 0.4) is 0 Å². The quantitative estimate of drug-likeness (QED) is 0.514. The molecular weight excluding hydrogens is 110 g/mol. The average molecular weight is 125 g/mol. The van der Waals surface area contributed by atoms with Crippen molar-refractivity contribution >= 4 is 0 Å². The third-order valence-corrected chi connectivity index (χ3v) is 3.12. The van der Waals surface area contributed by atoms with Crippen LogP contribution in [0.1, 0.15) is 19.8 Å². The molecule has 2 aliphatic rings. The molecule has 1 aliphatic carbocycles. The summed E-state index contributed by atoms with van der Waals surface area (Å²) in [4.78, 5) is 0. The maximum absolute atomic E-state index is 3.45. The Morgan fingerprint density at radius 2 is 2.11 bits per heavy atom. The van der Waals surface area contributed by atoms with Gasteiger partial charge in [-0.2, -0.15) is 0 Å². The van der Waals surface area contributed by atoms with Crippen molar-refractivity contribution < 1.29 is 0 Å². The topological polar surface area (TPSA) is 12.0 Å². The molecule has 0 aromatic rings. The van der Waals surface area contributed by atoms with E-state index in [0.717, 1.165) is 17.8 Å². The van der Waals surface area contributed by atoms with Gasteiger partial charge in [0.25, 0.3) is 0 Å². The first-order valence-electron chi connectivity index (χ1n) is 4.08. The van der Waals surface area contributed by atoms with E-state index in [2.05, 4.69) is 12.2 Å². The SMILES string of the molecule is CC1CCC2CNCC12. The van der Waals surface area contributed by atoms with Crippen molar-refractivity contribution in [3.8, 4) is 0 Å². The van der Waals surface area contributed by atoms with Crippen molar-refractivity contribution in [3.05, 3.63) is 0 Å². The van der Waals surface area contributed by atoms with Gasteiger partial charge in [0.2, 0.25) is 0 Å². The minimum absolute atomic E-state index is 1.00. The maximum atomic E-state index is 3.45. The largest absolute Gasteiger partial charge is 0.316 e. The van der Waals surface area contributed by atoms with E-state index in [-0.39, 0.29) is 0 Å². The van der Waals surface area contributed by atoms with E-state index in [1.54, 1.807) is 0 Å². The van der Waals surface area contributed by atoms with Gasteiger partial charge in [-0.1, -0.05) is 13.3 Å². The predicted octanol–water partition coefficient (Wildman–Crippen LogP) is 1.25. The molecule has 9 heavy (non-hydrogen) atoms. The van der Waals surface area contributed by atoms with Gasteiger partial charge in [-0.15, -0.1) is 0 Å². The highest BCUT2D eigenvalue weighted by atomic mass is 14.9. The second-order valence-electron chi connectivity index (χ2n) is 3.64. The molecule has 0 aromatic heterocycles. The van der Waals surface area contributed by atoms with E-state index in [9.17, 15) is 0 Å². The van der Waals surface area contributed by atoms with E-state index >= 15 is 0 Å². The summed E-state index contributed by atoms with van der Waals surface area (Å²) in [5.74, 6) is 3.08. The third kappa shape index (κ3) is 0.787. The molecule has 1 nitrogen and oxygen atoms in total. The van der Waals surface area contributed by atoms with Gasteiger partial charge >= 0.3 is 0 Å². The molecule has 1 heterocycles. The molecule has 3 unspecified atom stereocenters. The van der Waals surface area contributed by atoms with Crippen LogP contribution in [0.5, 0.6) is 0 Å². The summed E-state index contributed by atoms with van der Waals surface area (Å²) in [5.41, 5.74) is 0. The zero-order chi connectivity index (χ0) is 6.27. The second kappa shape index (κ2) is 1.98. The highest BCUT2D eigenvalue weighted by Crippen LogP contribution is 2.38. The van der Waals surface area contributed by atoms with Crippen molar-refractivity contribution in [2.45, 2.75) is 19.8 Å². The fraction of sp³-hybridized carbons (Fsp3) is 1.00. The Hall–Kier alpha value is -0.0400. The summed E-state index contributed by atoms with van der Waals surface area (Å²) in [7, 11) is 0. The minimum Gasteiger partial charge on any atom is -0.316 e. The van der Waals surface area contributed by atoms with E-state index in [1.165, 1.54) is 25.9 Å². The molecule has 2 rings (SSSR count). The van der Waals surface area contributed by atoms with E-state index in [0.29, 0.717) is 0 Å². The molecule has 0 aromatic carbocycles. The molecule has 0 amide bonds. The number of fused-ring (bicyclic) bond motifs is 1. The molecule has 0 bridgehead atoms. The highest BCUT2D eigenvalue weighted by molar-refractivity contribution is 4.89. The zero-order valence-electron chi connectivity index (χ0n) is 6.06. The Kier molecular flexibility index (Phi) is 1.26. The standard InChI is InChI=1S/C8H15N/c1-6-2-3-7-4-9-5-8(6)7/h6-9H,2-5H2,1H3. The van der Waals surface area contributed by atoms with E-state index in [1.807, 2.05) is 0 Å². The summed E-state index contributed by atoms with van der Waals surface area (Å²) in [6.45, 7) is 5.00. The molecule has 2 fully saturated rings. The smallest absolute Gasteiger partial charge is 0.00147 e. The molecule has 3 atom stereocenters. The zero-order valence-corrected chi connectivity index (χ0v) is 6.06. The summed E-state index contributed by atoms with van der Waals surface area (Å²) in [6, 6.07) is 0. The first-order chi connectivity index (χ1) is 4.38. The van der Waals surface area contributed by atoms with Gasteiger partial charge in [0, 0.05) is 0 Å². The fourth-order valence-corrected chi connectivity index (χ4v) is 2.43. The van der Waals surface area contributed by atoms with E-state index < -0.39 is 0 Å². The molecule has 1 N–H and O–H groups in total. The first-order valence-corrected chi connectivity index (χ1v) is 4.08. The Balaban J connectivity index is 2.07. The molecule has 0 radical (unpaired) electrons. The average Bonchev–Trinajstić information content (AvgIpc) is 2.35. The fourth-order valence-electron chi connectivity index (χ4n) is 2.43. The van der Waals surface area contributed by atoms with Gasteiger partial charge in [-0.05, 0) is 37.3 Å². The minimum atomic E-state index is 1.00. The second-order valence-corrected chi connectivity index (χ2v) is 3.64. The third-order valence-electron chi connectivity index (χ3n) is 3.12. The van der Waals surface area contributed by atoms with Crippen LogP contribution in [0.4, 0.5) is 0 Å². The Morgan fingerprint density at radius 1 is 1.22 bits per heavy atom. The van der Waals surface area contributed by atoms with Crippen LogP contribution in [-0.4, -0.2) is 13.1 Å². The molecule has 1 saturated carbocycles. The van der Waals surface area contributed by atoms with Crippen molar-refractivity contribution in [3.63, 3.8) is 0 Å². The lowest BCUT2D eigenvalue weighted by molar-refractivity contribution is 0.403. The molecule has 0 spiro atoms. The van der Waals surface area contributed by atoms with Crippen LogP contribution < -0.4 is 5.32 Å². The Labute approximate surface area is 56.8 Å². The lowest BCUT2D eigenvalue weighted by Gasteiger charge is -2.10. The molecule has 52 valence electrons. The summed E-state index contributed by atoms with van der Waals surface area (Å²) in [5, 5.41) is 3.45. The normalized spacial score (nSPS) is 49.7. The van der Waals surface area contributed by atoms with Gasteiger partial charge in [0.15, 0.2) is 0 Å². The van der Waals surface area contributed by atoms with Crippen LogP contribution >= 0.6 is 0 Å². The van der Waals surface area contributed by atoms with Gasteiger partial charge in [0.05, 0.1) is 0 Å².